The average molecular weight is 420 g/mol. The van der Waals surface area contributed by atoms with Crippen LogP contribution in [-0.4, -0.2) is 23.4 Å². The van der Waals surface area contributed by atoms with Gasteiger partial charge < -0.3 is 14.3 Å². The van der Waals surface area contributed by atoms with Crippen molar-refractivity contribution >= 4 is 23.0 Å². The fourth-order valence-corrected chi connectivity index (χ4v) is 3.51. The summed E-state index contributed by atoms with van der Waals surface area (Å²) in [6, 6.07) is 28.5. The Morgan fingerprint density at radius 3 is 2.47 bits per heavy atom. The zero-order valence-electron chi connectivity index (χ0n) is 17.4. The Morgan fingerprint density at radius 2 is 1.69 bits per heavy atom. The first-order valence-corrected chi connectivity index (χ1v) is 10.2. The highest BCUT2D eigenvalue weighted by Crippen LogP contribution is 2.32. The maximum atomic E-state index is 10.7. The van der Waals surface area contributed by atoms with Gasteiger partial charge in [0.15, 0.2) is 5.58 Å². The lowest BCUT2D eigenvalue weighted by Gasteiger charge is -2.07. The molecule has 5 aromatic rings. The highest BCUT2D eigenvalue weighted by atomic mass is 16.5. The molecule has 0 unspecified atom stereocenters. The van der Waals surface area contributed by atoms with Crippen molar-refractivity contribution in [1.82, 2.24) is 4.98 Å². The van der Waals surface area contributed by atoms with Gasteiger partial charge in [-0.25, -0.2) is 4.98 Å². The molecule has 0 saturated heterocycles. The van der Waals surface area contributed by atoms with Crippen molar-refractivity contribution in [3.8, 4) is 34.1 Å². The SMILES string of the molecule is COc1ccc(-c2nc3cc(N=Cc4cccc(-c5ccccc5)c4O)ccc3o2)cc1. The van der Waals surface area contributed by atoms with Gasteiger partial charge in [-0.2, -0.15) is 0 Å². The zero-order chi connectivity index (χ0) is 21.9. The van der Waals surface area contributed by atoms with E-state index in [9.17, 15) is 5.11 Å². The van der Waals surface area contributed by atoms with Crippen LogP contribution in [0.3, 0.4) is 0 Å². The second kappa shape index (κ2) is 8.40. The topological polar surface area (TPSA) is 67.9 Å². The third kappa shape index (κ3) is 3.84. The molecular weight excluding hydrogens is 400 g/mol. The van der Waals surface area contributed by atoms with Gasteiger partial charge >= 0.3 is 0 Å². The van der Waals surface area contributed by atoms with E-state index in [0.717, 1.165) is 28.1 Å². The molecule has 5 nitrogen and oxygen atoms in total. The molecule has 0 saturated carbocycles. The lowest BCUT2D eigenvalue weighted by Crippen LogP contribution is -1.86. The van der Waals surface area contributed by atoms with E-state index in [1.807, 2.05) is 91.0 Å². The van der Waals surface area contributed by atoms with E-state index in [0.29, 0.717) is 22.6 Å². The van der Waals surface area contributed by atoms with Gasteiger partial charge in [0.1, 0.15) is 17.0 Å². The number of oxazole rings is 1. The third-order valence-electron chi connectivity index (χ3n) is 5.21. The number of aromatic hydroxyl groups is 1. The first kappa shape index (κ1) is 19.6. The number of hydrogen-bond donors (Lipinski definition) is 1. The normalized spacial score (nSPS) is 11.3. The highest BCUT2D eigenvalue weighted by molar-refractivity contribution is 5.90. The number of para-hydroxylation sites is 1. The summed E-state index contributed by atoms with van der Waals surface area (Å²) in [6.07, 6.45) is 1.66. The minimum absolute atomic E-state index is 0.201. The Kier molecular flexibility index (Phi) is 5.14. The van der Waals surface area contributed by atoms with Crippen LogP contribution < -0.4 is 4.74 Å². The van der Waals surface area contributed by atoms with Gasteiger partial charge in [-0.05, 0) is 54.1 Å². The standard InChI is InChI=1S/C27H20N2O3/c1-31-22-13-10-19(11-14-22)27-29-24-16-21(12-15-25(24)32-27)28-17-20-8-5-9-23(26(20)30)18-6-3-2-4-7-18/h2-17,30H,1H3. The van der Waals surface area contributed by atoms with Crippen molar-refractivity contribution in [3.05, 3.63) is 96.6 Å². The van der Waals surface area contributed by atoms with E-state index in [1.165, 1.54) is 0 Å². The number of nitrogens with zero attached hydrogens (tertiary/aromatic N) is 2. The number of aliphatic imine (C=N–C) groups is 1. The van der Waals surface area contributed by atoms with Gasteiger partial charge in [-0.1, -0.05) is 42.5 Å². The Morgan fingerprint density at radius 1 is 0.875 bits per heavy atom. The number of phenolic OH excluding ortho intramolecular Hbond substituents is 1. The van der Waals surface area contributed by atoms with Crippen LogP contribution in [0.1, 0.15) is 5.56 Å². The summed E-state index contributed by atoms with van der Waals surface area (Å²) in [5.41, 5.74) is 5.36. The maximum absolute atomic E-state index is 10.7. The van der Waals surface area contributed by atoms with E-state index < -0.39 is 0 Å². The summed E-state index contributed by atoms with van der Waals surface area (Å²) in [7, 11) is 1.63. The molecule has 0 fully saturated rings. The quantitative estimate of drug-likeness (QED) is 0.324. The summed E-state index contributed by atoms with van der Waals surface area (Å²) in [5.74, 6) is 1.52. The molecular formula is C27H20N2O3. The fourth-order valence-electron chi connectivity index (χ4n) is 3.51. The molecule has 1 aromatic heterocycles. The molecule has 0 aliphatic rings. The first-order chi connectivity index (χ1) is 15.7. The van der Waals surface area contributed by atoms with Crippen molar-refractivity contribution in [2.75, 3.05) is 7.11 Å². The predicted octanol–water partition coefficient (Wildman–Crippen LogP) is 6.63. The zero-order valence-corrected chi connectivity index (χ0v) is 17.4. The molecule has 156 valence electrons. The van der Waals surface area contributed by atoms with Gasteiger partial charge in [-0.3, -0.25) is 4.99 Å². The molecule has 5 rings (SSSR count). The molecule has 0 aliphatic carbocycles. The second-order valence-corrected chi connectivity index (χ2v) is 7.27. The summed E-state index contributed by atoms with van der Waals surface area (Å²) in [6.45, 7) is 0. The second-order valence-electron chi connectivity index (χ2n) is 7.27. The van der Waals surface area contributed by atoms with Crippen LogP contribution in [0.5, 0.6) is 11.5 Å². The van der Waals surface area contributed by atoms with Crippen LogP contribution in [0, 0.1) is 0 Å². The molecule has 0 spiro atoms. The highest BCUT2D eigenvalue weighted by Gasteiger charge is 2.10. The number of rotatable bonds is 5. The molecule has 0 atom stereocenters. The molecule has 0 amide bonds. The first-order valence-electron chi connectivity index (χ1n) is 10.2. The molecule has 4 aromatic carbocycles. The Labute approximate surface area is 185 Å². The Bertz CT molecular complexity index is 1400. The van der Waals surface area contributed by atoms with Crippen LogP contribution in [0.25, 0.3) is 33.7 Å². The minimum atomic E-state index is 0.201. The lowest BCUT2D eigenvalue weighted by atomic mass is 10.0. The summed E-state index contributed by atoms with van der Waals surface area (Å²) in [4.78, 5) is 9.14. The number of phenols is 1. The molecule has 1 N–H and O–H groups in total. The molecule has 1 heterocycles. The summed E-state index contributed by atoms with van der Waals surface area (Å²) >= 11 is 0. The van der Waals surface area contributed by atoms with Crippen molar-refractivity contribution in [2.45, 2.75) is 0 Å². The van der Waals surface area contributed by atoms with Crippen molar-refractivity contribution < 1.29 is 14.3 Å². The van der Waals surface area contributed by atoms with E-state index in [1.54, 1.807) is 13.3 Å². The molecule has 0 aliphatic heterocycles. The predicted molar refractivity (Wildman–Crippen MR) is 127 cm³/mol. The van der Waals surface area contributed by atoms with Gasteiger partial charge in [0.05, 0.1) is 12.8 Å². The molecule has 5 heteroatoms. The number of aromatic nitrogens is 1. The van der Waals surface area contributed by atoms with Crippen molar-refractivity contribution in [3.63, 3.8) is 0 Å². The third-order valence-corrected chi connectivity index (χ3v) is 5.21. The summed E-state index contributed by atoms with van der Waals surface area (Å²) in [5, 5.41) is 10.7. The van der Waals surface area contributed by atoms with Crippen LogP contribution >= 0.6 is 0 Å². The van der Waals surface area contributed by atoms with E-state index in [-0.39, 0.29) is 5.75 Å². The lowest BCUT2D eigenvalue weighted by molar-refractivity contribution is 0.415. The van der Waals surface area contributed by atoms with Gasteiger partial charge in [-0.15, -0.1) is 0 Å². The number of fused-ring (bicyclic) bond motifs is 1. The number of methoxy groups -OCH3 is 1. The molecule has 0 radical (unpaired) electrons. The fraction of sp³-hybridized carbons (Fsp3) is 0.0370. The smallest absolute Gasteiger partial charge is 0.227 e. The van der Waals surface area contributed by atoms with Crippen LogP contribution in [-0.2, 0) is 0 Å². The Hall–Kier alpha value is -4.38. The number of benzene rings is 4. The maximum Gasteiger partial charge on any atom is 0.227 e. The van der Waals surface area contributed by atoms with Gasteiger partial charge in [0.2, 0.25) is 5.89 Å². The van der Waals surface area contributed by atoms with E-state index >= 15 is 0 Å². The monoisotopic (exact) mass is 420 g/mol. The largest absolute Gasteiger partial charge is 0.507 e. The number of hydrogen-bond acceptors (Lipinski definition) is 5. The number of ether oxygens (including phenoxy) is 1. The van der Waals surface area contributed by atoms with Gasteiger partial charge in [0, 0.05) is 22.9 Å². The van der Waals surface area contributed by atoms with Crippen molar-refractivity contribution in [1.29, 1.82) is 0 Å². The van der Waals surface area contributed by atoms with Crippen molar-refractivity contribution in [2.24, 2.45) is 4.99 Å². The van der Waals surface area contributed by atoms with Crippen LogP contribution in [0.4, 0.5) is 5.69 Å². The molecule has 0 bridgehead atoms. The van der Waals surface area contributed by atoms with Crippen LogP contribution in [0.2, 0.25) is 0 Å². The average Bonchev–Trinajstić information content (AvgIpc) is 3.27. The molecule has 32 heavy (non-hydrogen) atoms. The Balaban J connectivity index is 1.43. The van der Waals surface area contributed by atoms with Crippen LogP contribution in [0.15, 0.2) is 100 Å². The van der Waals surface area contributed by atoms with E-state index in [2.05, 4.69) is 9.98 Å². The van der Waals surface area contributed by atoms with Gasteiger partial charge in [0.25, 0.3) is 0 Å². The van der Waals surface area contributed by atoms with E-state index in [4.69, 9.17) is 9.15 Å². The minimum Gasteiger partial charge on any atom is -0.507 e. The summed E-state index contributed by atoms with van der Waals surface area (Å²) < 4.78 is 11.1.